The lowest BCUT2D eigenvalue weighted by Crippen LogP contribution is -2.39. The van der Waals surface area contributed by atoms with Crippen LogP contribution in [-0.2, 0) is 13.0 Å². The lowest BCUT2D eigenvalue weighted by molar-refractivity contribution is 0.226. The van der Waals surface area contributed by atoms with Crippen molar-refractivity contribution in [1.29, 1.82) is 0 Å². The summed E-state index contributed by atoms with van der Waals surface area (Å²) in [4.78, 5) is 0. The van der Waals surface area contributed by atoms with Crippen LogP contribution in [0.15, 0.2) is 36.4 Å². The van der Waals surface area contributed by atoms with Gasteiger partial charge in [0, 0.05) is 24.2 Å². The average Bonchev–Trinajstić information content (AvgIpc) is 2.59. The molecule has 1 aliphatic rings. The molecular formula is C18H20FNO3. The summed E-state index contributed by atoms with van der Waals surface area (Å²) < 4.78 is 29.6. The van der Waals surface area contributed by atoms with Gasteiger partial charge in [-0.25, -0.2) is 4.39 Å². The molecule has 0 bridgehead atoms. The molecule has 0 aliphatic carbocycles. The van der Waals surface area contributed by atoms with Crippen LogP contribution in [0.4, 0.5) is 4.39 Å². The fourth-order valence-electron chi connectivity index (χ4n) is 2.80. The van der Waals surface area contributed by atoms with Crippen LogP contribution in [0.1, 0.15) is 11.1 Å². The highest BCUT2D eigenvalue weighted by Crippen LogP contribution is 2.34. The molecule has 0 unspecified atom stereocenters. The van der Waals surface area contributed by atoms with Gasteiger partial charge in [-0.05, 0) is 24.1 Å². The zero-order chi connectivity index (χ0) is 16.2. The van der Waals surface area contributed by atoms with Crippen molar-refractivity contribution < 1.29 is 18.6 Å². The van der Waals surface area contributed by atoms with E-state index < -0.39 is 0 Å². The number of hydrogen-bond donors (Lipinski definition) is 1. The van der Waals surface area contributed by atoms with Crippen molar-refractivity contribution in [2.75, 3.05) is 20.8 Å². The van der Waals surface area contributed by atoms with E-state index in [0.29, 0.717) is 18.9 Å². The Balaban J connectivity index is 1.66. The third-order valence-corrected chi connectivity index (χ3v) is 4.01. The lowest BCUT2D eigenvalue weighted by atomic mass is 10.0. The van der Waals surface area contributed by atoms with Crippen LogP contribution < -0.4 is 19.5 Å². The smallest absolute Gasteiger partial charge is 0.164 e. The van der Waals surface area contributed by atoms with E-state index in [1.54, 1.807) is 20.3 Å². The minimum Gasteiger partial charge on any atom is -0.496 e. The molecule has 1 N–H and O–H groups in total. The topological polar surface area (TPSA) is 39.7 Å². The SMILES string of the molecule is COc1cc(F)ccc1CN[C@H]1COc2c(cccc2OC)C1. The van der Waals surface area contributed by atoms with Gasteiger partial charge in [-0.1, -0.05) is 18.2 Å². The average molecular weight is 317 g/mol. The summed E-state index contributed by atoms with van der Waals surface area (Å²) in [5, 5.41) is 3.44. The number of para-hydroxylation sites is 1. The zero-order valence-electron chi connectivity index (χ0n) is 13.3. The fraction of sp³-hybridized carbons (Fsp3) is 0.333. The van der Waals surface area contributed by atoms with Gasteiger partial charge in [-0.15, -0.1) is 0 Å². The van der Waals surface area contributed by atoms with Gasteiger partial charge in [0.1, 0.15) is 18.2 Å². The highest BCUT2D eigenvalue weighted by atomic mass is 19.1. The van der Waals surface area contributed by atoms with E-state index in [9.17, 15) is 4.39 Å². The van der Waals surface area contributed by atoms with Crippen molar-refractivity contribution in [2.24, 2.45) is 0 Å². The van der Waals surface area contributed by atoms with Crippen LogP contribution in [-0.4, -0.2) is 26.9 Å². The first kappa shape index (κ1) is 15.6. The van der Waals surface area contributed by atoms with Gasteiger partial charge in [-0.2, -0.15) is 0 Å². The van der Waals surface area contributed by atoms with E-state index in [0.717, 1.165) is 29.0 Å². The number of nitrogens with one attached hydrogen (secondary N) is 1. The molecule has 4 nitrogen and oxygen atoms in total. The summed E-state index contributed by atoms with van der Waals surface area (Å²) in [6.07, 6.45) is 0.857. The molecule has 0 spiro atoms. The summed E-state index contributed by atoms with van der Waals surface area (Å²) in [5.74, 6) is 1.84. The number of benzene rings is 2. The largest absolute Gasteiger partial charge is 0.496 e. The van der Waals surface area contributed by atoms with Gasteiger partial charge in [0.2, 0.25) is 0 Å². The van der Waals surface area contributed by atoms with Gasteiger partial charge < -0.3 is 19.5 Å². The molecule has 2 aromatic carbocycles. The summed E-state index contributed by atoms with van der Waals surface area (Å²) >= 11 is 0. The van der Waals surface area contributed by atoms with Crippen molar-refractivity contribution in [3.05, 3.63) is 53.3 Å². The molecule has 0 radical (unpaired) electrons. The Kier molecular flexibility index (Phi) is 4.67. The summed E-state index contributed by atoms with van der Waals surface area (Å²) in [6, 6.07) is 10.7. The third kappa shape index (κ3) is 3.40. The molecule has 1 aliphatic heterocycles. The molecular weight excluding hydrogens is 297 g/mol. The maximum absolute atomic E-state index is 13.2. The molecule has 122 valence electrons. The number of methoxy groups -OCH3 is 2. The number of halogens is 1. The molecule has 1 atom stereocenters. The van der Waals surface area contributed by atoms with Crippen molar-refractivity contribution in [3.63, 3.8) is 0 Å². The molecule has 0 amide bonds. The van der Waals surface area contributed by atoms with Crippen LogP contribution in [0.2, 0.25) is 0 Å². The predicted molar refractivity (Wildman–Crippen MR) is 85.8 cm³/mol. The molecule has 2 aromatic rings. The zero-order valence-corrected chi connectivity index (χ0v) is 13.3. The van der Waals surface area contributed by atoms with Crippen molar-refractivity contribution in [1.82, 2.24) is 5.32 Å². The van der Waals surface area contributed by atoms with Crippen LogP contribution in [0.25, 0.3) is 0 Å². The molecule has 0 saturated carbocycles. The highest BCUT2D eigenvalue weighted by Gasteiger charge is 2.22. The first-order valence-electron chi connectivity index (χ1n) is 7.55. The lowest BCUT2D eigenvalue weighted by Gasteiger charge is -2.27. The molecule has 5 heteroatoms. The van der Waals surface area contributed by atoms with Crippen LogP contribution in [0.5, 0.6) is 17.2 Å². The third-order valence-electron chi connectivity index (χ3n) is 4.01. The van der Waals surface area contributed by atoms with Gasteiger partial charge in [0.05, 0.1) is 14.2 Å². The number of hydrogen-bond acceptors (Lipinski definition) is 4. The van der Waals surface area contributed by atoms with Gasteiger partial charge in [0.25, 0.3) is 0 Å². The van der Waals surface area contributed by atoms with Gasteiger partial charge >= 0.3 is 0 Å². The van der Waals surface area contributed by atoms with Crippen LogP contribution >= 0.6 is 0 Å². The van der Waals surface area contributed by atoms with Crippen LogP contribution in [0, 0.1) is 5.82 Å². The summed E-state index contributed by atoms with van der Waals surface area (Å²) in [5.41, 5.74) is 2.05. The highest BCUT2D eigenvalue weighted by molar-refractivity contribution is 5.48. The van der Waals surface area contributed by atoms with E-state index in [1.807, 2.05) is 18.2 Å². The maximum atomic E-state index is 13.2. The molecule has 3 rings (SSSR count). The first-order chi connectivity index (χ1) is 11.2. The van der Waals surface area contributed by atoms with Crippen molar-refractivity contribution >= 4 is 0 Å². The maximum Gasteiger partial charge on any atom is 0.164 e. The van der Waals surface area contributed by atoms with Gasteiger partial charge in [-0.3, -0.25) is 0 Å². The summed E-state index contributed by atoms with van der Waals surface area (Å²) in [6.45, 7) is 1.16. The first-order valence-corrected chi connectivity index (χ1v) is 7.55. The molecule has 23 heavy (non-hydrogen) atoms. The fourth-order valence-corrected chi connectivity index (χ4v) is 2.80. The minimum atomic E-state index is -0.298. The van der Waals surface area contributed by atoms with Crippen LogP contribution in [0.3, 0.4) is 0 Å². The Labute approximate surface area is 135 Å². The van der Waals surface area contributed by atoms with E-state index in [-0.39, 0.29) is 11.9 Å². The molecule has 0 aromatic heterocycles. The monoisotopic (exact) mass is 317 g/mol. The predicted octanol–water partition coefficient (Wildman–Crippen LogP) is 2.94. The second-order valence-electron chi connectivity index (χ2n) is 5.50. The standard InChI is InChI=1S/C18H20FNO3/c1-21-16-5-3-4-12-8-15(11-23-18(12)16)20-10-13-6-7-14(19)9-17(13)22-2/h3-7,9,15,20H,8,10-11H2,1-2H3/t15-/m1/s1. The second-order valence-corrected chi connectivity index (χ2v) is 5.50. The number of rotatable bonds is 5. The molecule has 0 saturated heterocycles. The Morgan fingerprint density at radius 2 is 2.00 bits per heavy atom. The number of ether oxygens (including phenoxy) is 3. The van der Waals surface area contributed by atoms with Crippen molar-refractivity contribution in [3.8, 4) is 17.2 Å². The van der Waals surface area contributed by atoms with Crippen molar-refractivity contribution in [2.45, 2.75) is 19.0 Å². The Morgan fingerprint density at radius 3 is 2.78 bits per heavy atom. The Hall–Kier alpha value is -2.27. The normalized spacial score (nSPS) is 16.4. The van der Waals surface area contributed by atoms with E-state index in [4.69, 9.17) is 14.2 Å². The van der Waals surface area contributed by atoms with E-state index in [2.05, 4.69) is 5.32 Å². The van der Waals surface area contributed by atoms with E-state index in [1.165, 1.54) is 12.1 Å². The number of fused-ring (bicyclic) bond motifs is 1. The minimum absolute atomic E-state index is 0.185. The second kappa shape index (κ2) is 6.87. The molecule has 1 heterocycles. The Morgan fingerprint density at radius 1 is 1.17 bits per heavy atom. The molecule has 0 fully saturated rings. The Bertz CT molecular complexity index is 690. The van der Waals surface area contributed by atoms with E-state index >= 15 is 0 Å². The quantitative estimate of drug-likeness (QED) is 0.920. The van der Waals surface area contributed by atoms with Gasteiger partial charge in [0.15, 0.2) is 11.5 Å². The summed E-state index contributed by atoms with van der Waals surface area (Å²) in [7, 11) is 3.19.